The topological polar surface area (TPSA) is 69.7 Å². The number of hydrogen-bond acceptors (Lipinski definition) is 3. The van der Waals surface area contributed by atoms with Gasteiger partial charge in [-0.15, -0.1) is 0 Å². The molecular formula is C24H25Cl2N3O3. The van der Waals surface area contributed by atoms with Crippen LogP contribution in [0, 0.1) is 18.8 Å². The second kappa shape index (κ2) is 9.51. The highest BCUT2D eigenvalue weighted by Gasteiger charge is 2.38. The Balaban J connectivity index is 1.31. The maximum absolute atomic E-state index is 13.0. The second-order valence-corrected chi connectivity index (χ2v) is 9.22. The molecule has 2 aromatic rings. The van der Waals surface area contributed by atoms with E-state index in [4.69, 9.17) is 23.2 Å². The number of nitrogens with one attached hydrogen (secondary N) is 1. The minimum absolute atomic E-state index is 0.00953. The molecule has 8 heteroatoms. The van der Waals surface area contributed by atoms with Crippen molar-refractivity contribution in [3.8, 4) is 0 Å². The van der Waals surface area contributed by atoms with Crippen LogP contribution >= 0.6 is 23.2 Å². The summed E-state index contributed by atoms with van der Waals surface area (Å²) in [7, 11) is 0. The first-order valence-electron chi connectivity index (χ1n) is 10.7. The molecule has 0 aromatic heterocycles. The van der Waals surface area contributed by atoms with Crippen LogP contribution in [0.5, 0.6) is 0 Å². The molecule has 0 aliphatic carbocycles. The fraction of sp³-hybridized carbons (Fsp3) is 0.375. The fourth-order valence-electron chi connectivity index (χ4n) is 4.30. The van der Waals surface area contributed by atoms with E-state index in [0.717, 1.165) is 11.3 Å². The van der Waals surface area contributed by atoms with Crippen LogP contribution in [-0.2, 0) is 14.4 Å². The number of nitrogens with zero attached hydrogens (tertiary/aromatic N) is 2. The minimum atomic E-state index is -0.348. The van der Waals surface area contributed by atoms with Gasteiger partial charge in [-0.25, -0.2) is 0 Å². The Morgan fingerprint density at radius 1 is 1.00 bits per heavy atom. The fourth-order valence-corrected chi connectivity index (χ4v) is 4.65. The van der Waals surface area contributed by atoms with Crippen molar-refractivity contribution in [3.05, 3.63) is 58.1 Å². The molecule has 168 valence electrons. The molecule has 32 heavy (non-hydrogen) atoms. The van der Waals surface area contributed by atoms with Gasteiger partial charge in [0.05, 0.1) is 21.7 Å². The van der Waals surface area contributed by atoms with Crippen molar-refractivity contribution in [2.24, 2.45) is 11.8 Å². The maximum Gasteiger partial charge on any atom is 0.228 e. The van der Waals surface area contributed by atoms with E-state index >= 15 is 0 Å². The molecule has 2 saturated heterocycles. The second-order valence-electron chi connectivity index (χ2n) is 8.43. The number of aryl methyl sites for hydroxylation is 1. The number of piperidine rings is 1. The predicted molar refractivity (Wildman–Crippen MR) is 126 cm³/mol. The van der Waals surface area contributed by atoms with Gasteiger partial charge in [0, 0.05) is 37.7 Å². The molecule has 0 unspecified atom stereocenters. The van der Waals surface area contributed by atoms with E-state index < -0.39 is 0 Å². The lowest BCUT2D eigenvalue weighted by Gasteiger charge is -2.33. The van der Waals surface area contributed by atoms with Crippen LogP contribution in [0.15, 0.2) is 42.5 Å². The van der Waals surface area contributed by atoms with Crippen molar-refractivity contribution in [2.75, 3.05) is 29.9 Å². The summed E-state index contributed by atoms with van der Waals surface area (Å²) in [5.41, 5.74) is 2.44. The molecule has 0 saturated carbocycles. The Morgan fingerprint density at radius 3 is 2.38 bits per heavy atom. The third-order valence-electron chi connectivity index (χ3n) is 6.21. The van der Waals surface area contributed by atoms with E-state index in [9.17, 15) is 14.4 Å². The predicted octanol–water partition coefficient (Wildman–Crippen LogP) is 4.53. The lowest BCUT2D eigenvalue weighted by molar-refractivity contribution is -0.138. The van der Waals surface area contributed by atoms with Crippen LogP contribution < -0.4 is 10.2 Å². The van der Waals surface area contributed by atoms with Crippen LogP contribution in [-0.4, -0.2) is 42.3 Å². The van der Waals surface area contributed by atoms with E-state index in [1.165, 1.54) is 0 Å². The number of anilines is 2. The van der Waals surface area contributed by atoms with Crippen molar-refractivity contribution < 1.29 is 14.4 Å². The zero-order valence-electron chi connectivity index (χ0n) is 17.8. The molecule has 0 spiro atoms. The third kappa shape index (κ3) is 4.76. The summed E-state index contributed by atoms with van der Waals surface area (Å²) in [5, 5.41) is 3.55. The number of rotatable bonds is 4. The summed E-state index contributed by atoms with van der Waals surface area (Å²) in [5.74, 6) is -0.713. The molecule has 2 heterocycles. The average molecular weight is 474 g/mol. The van der Waals surface area contributed by atoms with Crippen LogP contribution in [0.25, 0.3) is 0 Å². The molecule has 3 amide bonds. The van der Waals surface area contributed by atoms with Gasteiger partial charge in [-0.05, 0) is 44.0 Å². The summed E-state index contributed by atoms with van der Waals surface area (Å²) in [6, 6.07) is 12.9. The minimum Gasteiger partial charge on any atom is -0.342 e. The Labute approximate surface area is 197 Å². The van der Waals surface area contributed by atoms with Gasteiger partial charge in [-0.2, -0.15) is 0 Å². The highest BCUT2D eigenvalue weighted by atomic mass is 35.5. The summed E-state index contributed by atoms with van der Waals surface area (Å²) in [4.78, 5) is 41.7. The Morgan fingerprint density at radius 2 is 1.69 bits per heavy atom. The smallest absolute Gasteiger partial charge is 0.228 e. The summed E-state index contributed by atoms with van der Waals surface area (Å²) < 4.78 is 0. The number of carbonyl (C=O) groups is 3. The summed E-state index contributed by atoms with van der Waals surface area (Å²) in [6.45, 7) is 3.38. The molecule has 4 rings (SSSR count). The lowest BCUT2D eigenvalue weighted by atomic mass is 9.94. The lowest BCUT2D eigenvalue weighted by Crippen LogP contribution is -2.44. The van der Waals surface area contributed by atoms with E-state index in [0.29, 0.717) is 48.2 Å². The quantitative estimate of drug-likeness (QED) is 0.708. The molecular weight excluding hydrogens is 449 g/mol. The molecule has 2 aliphatic heterocycles. The zero-order chi connectivity index (χ0) is 22.8. The third-order valence-corrected chi connectivity index (χ3v) is 7.03. The highest BCUT2D eigenvalue weighted by Crippen LogP contribution is 2.31. The monoisotopic (exact) mass is 473 g/mol. The maximum atomic E-state index is 13.0. The van der Waals surface area contributed by atoms with Crippen molar-refractivity contribution in [1.29, 1.82) is 0 Å². The highest BCUT2D eigenvalue weighted by molar-refractivity contribution is 6.44. The van der Waals surface area contributed by atoms with Crippen molar-refractivity contribution >= 4 is 52.3 Å². The Kier molecular flexibility index (Phi) is 6.72. The molecule has 2 aliphatic rings. The zero-order valence-corrected chi connectivity index (χ0v) is 19.3. The standard InChI is InChI=1S/C24H25Cl2N3O3/c1-15-5-7-18(8-6-15)29-14-17(13-21(29)30)24(32)28-11-9-16(10-12-28)23(31)27-20-4-2-3-19(25)22(20)26/h2-8,16-17H,9-14H2,1H3,(H,27,31)/t17-/m1/s1. The molecule has 6 nitrogen and oxygen atoms in total. The van der Waals surface area contributed by atoms with Crippen LogP contribution in [0.4, 0.5) is 11.4 Å². The van der Waals surface area contributed by atoms with Crippen LogP contribution in [0.1, 0.15) is 24.8 Å². The summed E-state index contributed by atoms with van der Waals surface area (Å²) in [6.07, 6.45) is 1.36. The number of hydrogen-bond donors (Lipinski definition) is 1. The van der Waals surface area contributed by atoms with Gasteiger partial charge in [0.2, 0.25) is 17.7 Å². The SMILES string of the molecule is Cc1ccc(N2C[C@H](C(=O)N3CCC(C(=O)Nc4cccc(Cl)c4Cl)CC3)CC2=O)cc1. The summed E-state index contributed by atoms with van der Waals surface area (Å²) >= 11 is 12.2. The van der Waals surface area contributed by atoms with Gasteiger partial charge in [-0.1, -0.05) is 47.0 Å². The molecule has 1 atom stereocenters. The van der Waals surface area contributed by atoms with Gasteiger partial charge in [0.25, 0.3) is 0 Å². The largest absolute Gasteiger partial charge is 0.342 e. The first kappa shape index (κ1) is 22.6. The van der Waals surface area contributed by atoms with Crippen molar-refractivity contribution in [3.63, 3.8) is 0 Å². The first-order chi connectivity index (χ1) is 15.3. The van der Waals surface area contributed by atoms with E-state index in [1.807, 2.05) is 31.2 Å². The van der Waals surface area contributed by atoms with Gasteiger partial charge in [0.1, 0.15) is 0 Å². The molecule has 1 N–H and O–H groups in total. The van der Waals surface area contributed by atoms with Gasteiger partial charge in [0.15, 0.2) is 0 Å². The number of halogens is 2. The number of carbonyl (C=O) groups excluding carboxylic acids is 3. The van der Waals surface area contributed by atoms with Crippen LogP contribution in [0.2, 0.25) is 10.0 Å². The molecule has 2 aromatic carbocycles. The molecule has 0 radical (unpaired) electrons. The normalized spacial score (nSPS) is 19.3. The number of benzene rings is 2. The van der Waals surface area contributed by atoms with E-state index in [1.54, 1.807) is 28.0 Å². The first-order valence-corrected chi connectivity index (χ1v) is 11.5. The van der Waals surface area contributed by atoms with Crippen LogP contribution in [0.3, 0.4) is 0 Å². The van der Waals surface area contributed by atoms with Crippen molar-refractivity contribution in [1.82, 2.24) is 4.90 Å². The Bertz CT molecular complexity index is 1030. The number of amides is 3. The number of likely N-dealkylation sites (tertiary alicyclic amines) is 1. The van der Waals surface area contributed by atoms with E-state index in [2.05, 4.69) is 5.32 Å². The van der Waals surface area contributed by atoms with Gasteiger partial charge >= 0.3 is 0 Å². The average Bonchev–Trinajstić information content (AvgIpc) is 3.18. The molecule has 0 bridgehead atoms. The van der Waals surface area contributed by atoms with Gasteiger partial charge in [-0.3, -0.25) is 14.4 Å². The van der Waals surface area contributed by atoms with Gasteiger partial charge < -0.3 is 15.1 Å². The van der Waals surface area contributed by atoms with Crippen molar-refractivity contribution in [2.45, 2.75) is 26.2 Å². The molecule has 2 fully saturated rings. The Hall–Kier alpha value is -2.57. The van der Waals surface area contributed by atoms with E-state index in [-0.39, 0.29) is 36.0 Å².